The number of thiophene rings is 4. The number of halogens is 2. The van der Waals surface area contributed by atoms with Crippen molar-refractivity contribution in [1.82, 2.24) is 19.9 Å². The van der Waals surface area contributed by atoms with Gasteiger partial charge < -0.3 is 0 Å². The molecule has 0 aromatic carbocycles. The van der Waals surface area contributed by atoms with Crippen LogP contribution in [0.5, 0.6) is 0 Å². The molecule has 8 aromatic heterocycles. The van der Waals surface area contributed by atoms with Gasteiger partial charge in [-0.05, 0) is 72.8 Å². The van der Waals surface area contributed by atoms with E-state index in [-0.39, 0.29) is 11.6 Å². The van der Waals surface area contributed by atoms with Crippen molar-refractivity contribution in [3.05, 3.63) is 96.8 Å². The van der Waals surface area contributed by atoms with Gasteiger partial charge in [0, 0.05) is 19.5 Å². The molecule has 0 atom stereocenters. The van der Waals surface area contributed by atoms with E-state index in [2.05, 4.69) is 46.4 Å². The molecule has 0 N–H and O–H groups in total. The van der Waals surface area contributed by atoms with Crippen LogP contribution in [0.2, 0.25) is 0 Å². The average Bonchev–Trinajstić information content (AvgIpc) is 3.83. The predicted molar refractivity (Wildman–Crippen MR) is 175 cm³/mol. The zero-order valence-electron chi connectivity index (χ0n) is 21.1. The Morgan fingerprint density at radius 2 is 0.738 bits per heavy atom. The minimum atomic E-state index is -0.335. The Balaban J connectivity index is 1.01. The predicted octanol–water partition coefficient (Wildman–Crippen LogP) is 11.1. The van der Waals surface area contributed by atoms with Gasteiger partial charge in [0.2, 0.25) is 0 Å². The van der Waals surface area contributed by atoms with Crippen molar-refractivity contribution >= 4 is 77.7 Å². The van der Waals surface area contributed by atoms with E-state index in [1.165, 1.54) is 24.5 Å². The molecule has 0 saturated carbocycles. The number of rotatable bonds is 6. The molecule has 12 heteroatoms. The van der Waals surface area contributed by atoms with E-state index in [0.29, 0.717) is 0 Å². The van der Waals surface area contributed by atoms with Crippen molar-refractivity contribution in [2.24, 2.45) is 0 Å². The summed E-state index contributed by atoms with van der Waals surface area (Å²) in [4.78, 5) is 29.0. The number of fused-ring (bicyclic) bond motifs is 1. The van der Waals surface area contributed by atoms with Crippen molar-refractivity contribution in [2.45, 2.75) is 0 Å². The largest absolute Gasteiger partial charge is 0.252 e. The van der Waals surface area contributed by atoms with Gasteiger partial charge in [-0.2, -0.15) is 0 Å². The van der Waals surface area contributed by atoms with Crippen LogP contribution < -0.4 is 0 Å². The molecule has 0 bridgehead atoms. The molecular weight excluding hydrogens is 647 g/mol. The Labute approximate surface area is 262 Å². The van der Waals surface area contributed by atoms with Crippen LogP contribution in [0.25, 0.3) is 70.1 Å². The lowest BCUT2D eigenvalue weighted by atomic mass is 10.3. The molecule has 204 valence electrons. The van der Waals surface area contributed by atoms with Crippen LogP contribution in [0.4, 0.5) is 8.78 Å². The molecular formula is C30H14F2N4S6. The van der Waals surface area contributed by atoms with Crippen LogP contribution in [-0.2, 0) is 0 Å². The normalized spacial score (nSPS) is 11.6. The van der Waals surface area contributed by atoms with E-state index in [9.17, 15) is 8.78 Å². The van der Waals surface area contributed by atoms with Gasteiger partial charge in [0.1, 0.15) is 21.6 Å². The van der Waals surface area contributed by atoms with Crippen molar-refractivity contribution in [1.29, 1.82) is 0 Å². The Kier molecular flexibility index (Phi) is 6.62. The Morgan fingerprint density at radius 3 is 1.12 bits per heavy atom. The minimum absolute atomic E-state index is 0.335. The summed E-state index contributed by atoms with van der Waals surface area (Å²) in [5, 5.41) is 1.94. The highest BCUT2D eigenvalue weighted by atomic mass is 32.1. The molecule has 42 heavy (non-hydrogen) atoms. The Morgan fingerprint density at radius 1 is 0.381 bits per heavy atom. The summed E-state index contributed by atoms with van der Waals surface area (Å²) in [5.74, 6) is -0.670. The van der Waals surface area contributed by atoms with Crippen molar-refractivity contribution in [3.63, 3.8) is 0 Å². The molecule has 0 radical (unpaired) electrons. The molecule has 0 fully saturated rings. The zero-order valence-corrected chi connectivity index (χ0v) is 26.0. The monoisotopic (exact) mass is 660 g/mol. The van der Waals surface area contributed by atoms with Crippen LogP contribution in [0.15, 0.2) is 85.2 Å². The van der Waals surface area contributed by atoms with E-state index in [1.54, 1.807) is 80.2 Å². The first-order chi connectivity index (χ1) is 20.6. The standard InChI is InChI=1S/C30H14F2N4S6/c31-15-1-3-17(33-13-15)19-5-7-21(37-19)23-9-11-25(39-23)27-35-29-30(41-27)36-28(42-29)26-12-10-24(40-26)22-8-6-20(38-22)18-4-2-16(32)14-34-18/h1-14H. The van der Waals surface area contributed by atoms with Crippen LogP contribution in [0, 0.1) is 11.6 Å². The molecule has 8 rings (SSSR count). The molecule has 0 spiro atoms. The summed E-state index contributed by atoms with van der Waals surface area (Å²) in [6, 6.07) is 23.0. The number of hydrogen-bond acceptors (Lipinski definition) is 10. The van der Waals surface area contributed by atoms with E-state index in [1.807, 2.05) is 12.1 Å². The lowest BCUT2D eigenvalue weighted by Gasteiger charge is -1.95. The van der Waals surface area contributed by atoms with Gasteiger partial charge in [-0.25, -0.2) is 18.7 Å². The number of pyridine rings is 2. The van der Waals surface area contributed by atoms with Crippen LogP contribution in [0.1, 0.15) is 0 Å². The maximum atomic E-state index is 13.2. The van der Waals surface area contributed by atoms with E-state index < -0.39 is 0 Å². The average molecular weight is 661 g/mol. The van der Waals surface area contributed by atoms with Gasteiger partial charge in [0.15, 0.2) is 9.66 Å². The zero-order chi connectivity index (χ0) is 28.2. The molecule has 0 aliphatic carbocycles. The number of hydrogen-bond donors (Lipinski definition) is 0. The third-order valence-electron chi connectivity index (χ3n) is 6.27. The number of aromatic nitrogens is 4. The second kappa shape index (κ2) is 10.6. The molecule has 8 aromatic rings. The highest BCUT2D eigenvalue weighted by Gasteiger charge is 2.17. The van der Waals surface area contributed by atoms with Gasteiger partial charge in [0.05, 0.1) is 43.3 Å². The molecule has 4 nitrogen and oxygen atoms in total. The van der Waals surface area contributed by atoms with E-state index in [4.69, 9.17) is 9.97 Å². The van der Waals surface area contributed by atoms with Gasteiger partial charge in [-0.15, -0.1) is 45.3 Å². The second-order valence-electron chi connectivity index (χ2n) is 9.03. The van der Waals surface area contributed by atoms with Crippen molar-refractivity contribution in [2.75, 3.05) is 0 Å². The quantitative estimate of drug-likeness (QED) is 0.178. The molecule has 0 saturated heterocycles. The maximum Gasteiger partial charge on any atom is 0.155 e. The summed E-state index contributed by atoms with van der Waals surface area (Å²) in [6.45, 7) is 0. The first-order valence-electron chi connectivity index (χ1n) is 12.5. The van der Waals surface area contributed by atoms with Crippen LogP contribution in [-0.4, -0.2) is 19.9 Å². The highest BCUT2D eigenvalue weighted by molar-refractivity contribution is 7.33. The summed E-state index contributed by atoms with van der Waals surface area (Å²) in [5.41, 5.74) is 1.54. The SMILES string of the molecule is Fc1ccc(-c2ccc(-c3ccc(-c4nc5sc(-c6ccc(-c7ccc(-c8ccc(F)cn8)s7)s6)nc5s4)s3)s2)nc1. The number of nitrogens with zero attached hydrogens (tertiary/aromatic N) is 4. The van der Waals surface area contributed by atoms with E-state index in [0.717, 1.165) is 70.1 Å². The topological polar surface area (TPSA) is 51.6 Å². The maximum absolute atomic E-state index is 13.2. The fourth-order valence-corrected chi connectivity index (χ4v) is 10.6. The van der Waals surface area contributed by atoms with Gasteiger partial charge in [-0.1, -0.05) is 22.7 Å². The van der Waals surface area contributed by atoms with Crippen LogP contribution >= 0.6 is 68.0 Å². The Hall–Kier alpha value is -3.52. The number of thiazole rings is 2. The minimum Gasteiger partial charge on any atom is -0.252 e. The van der Waals surface area contributed by atoms with Crippen molar-refractivity contribution in [3.8, 4) is 60.4 Å². The molecule has 0 aliphatic heterocycles. The summed E-state index contributed by atoms with van der Waals surface area (Å²) in [6.07, 6.45) is 2.49. The first kappa shape index (κ1) is 26.1. The third kappa shape index (κ3) is 4.93. The molecule has 0 amide bonds. The van der Waals surface area contributed by atoms with Gasteiger partial charge >= 0.3 is 0 Å². The van der Waals surface area contributed by atoms with Gasteiger partial charge in [0.25, 0.3) is 0 Å². The fourth-order valence-electron chi connectivity index (χ4n) is 4.28. The molecule has 0 unspecified atom stereocenters. The molecule has 0 aliphatic rings. The summed E-state index contributed by atoms with van der Waals surface area (Å²) < 4.78 is 26.5. The Bertz CT molecular complexity index is 2000. The highest BCUT2D eigenvalue weighted by Crippen LogP contribution is 2.45. The van der Waals surface area contributed by atoms with Gasteiger partial charge in [-0.3, -0.25) is 9.97 Å². The third-order valence-corrected chi connectivity index (χ3v) is 13.4. The van der Waals surface area contributed by atoms with Crippen LogP contribution in [0.3, 0.4) is 0 Å². The first-order valence-corrected chi connectivity index (χ1v) is 17.4. The smallest absolute Gasteiger partial charge is 0.155 e. The summed E-state index contributed by atoms with van der Waals surface area (Å²) in [7, 11) is 0. The van der Waals surface area contributed by atoms with E-state index >= 15 is 0 Å². The lowest BCUT2D eigenvalue weighted by molar-refractivity contribution is 0.621. The van der Waals surface area contributed by atoms with Crippen molar-refractivity contribution < 1.29 is 8.78 Å². The summed E-state index contributed by atoms with van der Waals surface area (Å²) >= 11 is 9.93. The molecule has 8 heterocycles. The second-order valence-corrected chi connectivity index (χ2v) is 15.3. The fraction of sp³-hybridized carbons (Fsp3) is 0. The lowest BCUT2D eigenvalue weighted by Crippen LogP contribution is -1.80.